The molecule has 0 bridgehead atoms. The molecule has 2 aromatic rings. The molecule has 1 aromatic carbocycles. The zero-order chi connectivity index (χ0) is 13.1. The minimum Gasteiger partial charge on any atom is -0.343 e. The SMILES string of the molecule is Cc1noc(CNC(=O)c2ccc(F)c(F)c2)n1. The number of carbonyl (C=O) groups excluding carboxylic acids is 1. The molecule has 0 saturated carbocycles. The Labute approximate surface area is 101 Å². The second-order valence-corrected chi connectivity index (χ2v) is 3.55. The van der Waals surface area contributed by atoms with Gasteiger partial charge in [0, 0.05) is 5.56 Å². The first-order chi connectivity index (χ1) is 8.56. The molecule has 1 aromatic heterocycles. The lowest BCUT2D eigenvalue weighted by molar-refractivity contribution is 0.0945. The molecule has 94 valence electrons. The van der Waals surface area contributed by atoms with Crippen molar-refractivity contribution in [3.05, 3.63) is 47.1 Å². The number of carbonyl (C=O) groups is 1. The molecule has 0 aliphatic carbocycles. The number of aryl methyl sites for hydroxylation is 1. The third-order valence-corrected chi connectivity index (χ3v) is 2.15. The fraction of sp³-hybridized carbons (Fsp3) is 0.182. The van der Waals surface area contributed by atoms with E-state index < -0.39 is 17.5 Å². The van der Waals surface area contributed by atoms with Gasteiger partial charge in [-0.25, -0.2) is 8.78 Å². The van der Waals surface area contributed by atoms with Gasteiger partial charge in [0.1, 0.15) is 0 Å². The average molecular weight is 253 g/mol. The predicted molar refractivity (Wildman–Crippen MR) is 56.6 cm³/mol. The van der Waals surface area contributed by atoms with E-state index in [1.807, 2.05) is 0 Å². The number of amides is 1. The van der Waals surface area contributed by atoms with Gasteiger partial charge in [0.25, 0.3) is 5.91 Å². The van der Waals surface area contributed by atoms with Crippen molar-refractivity contribution in [1.82, 2.24) is 15.5 Å². The maximum absolute atomic E-state index is 12.9. The van der Waals surface area contributed by atoms with Gasteiger partial charge < -0.3 is 9.84 Å². The highest BCUT2D eigenvalue weighted by Gasteiger charge is 2.11. The number of nitrogens with one attached hydrogen (secondary N) is 1. The van der Waals surface area contributed by atoms with E-state index in [-0.39, 0.29) is 18.0 Å². The molecule has 0 spiro atoms. The topological polar surface area (TPSA) is 68.0 Å². The number of hydrogen-bond acceptors (Lipinski definition) is 4. The number of hydrogen-bond donors (Lipinski definition) is 1. The normalized spacial score (nSPS) is 10.4. The molecular weight excluding hydrogens is 244 g/mol. The lowest BCUT2D eigenvalue weighted by Crippen LogP contribution is -2.23. The maximum atomic E-state index is 12.9. The molecule has 7 heteroatoms. The standard InChI is InChI=1S/C11H9F2N3O2/c1-6-15-10(18-16-6)5-14-11(17)7-2-3-8(12)9(13)4-7/h2-4H,5H2,1H3,(H,14,17). The van der Waals surface area contributed by atoms with Crippen LogP contribution in [0.4, 0.5) is 8.78 Å². The van der Waals surface area contributed by atoms with Crippen molar-refractivity contribution in [2.45, 2.75) is 13.5 Å². The van der Waals surface area contributed by atoms with Crippen LogP contribution in [0.25, 0.3) is 0 Å². The van der Waals surface area contributed by atoms with Crippen molar-refractivity contribution in [2.24, 2.45) is 0 Å². The van der Waals surface area contributed by atoms with Crippen LogP contribution in [0, 0.1) is 18.6 Å². The molecule has 1 N–H and O–H groups in total. The molecule has 5 nitrogen and oxygen atoms in total. The molecule has 18 heavy (non-hydrogen) atoms. The van der Waals surface area contributed by atoms with Crippen LogP contribution in [0.5, 0.6) is 0 Å². The number of aromatic nitrogens is 2. The first-order valence-electron chi connectivity index (χ1n) is 5.08. The Bertz CT molecular complexity index is 583. The number of benzene rings is 1. The summed E-state index contributed by atoms with van der Waals surface area (Å²) in [4.78, 5) is 15.5. The summed E-state index contributed by atoms with van der Waals surface area (Å²) in [6.45, 7) is 1.67. The minimum absolute atomic E-state index is 0.0186. The van der Waals surface area contributed by atoms with Crippen molar-refractivity contribution < 1.29 is 18.1 Å². The Morgan fingerprint density at radius 3 is 2.78 bits per heavy atom. The summed E-state index contributed by atoms with van der Waals surface area (Å²) in [6, 6.07) is 2.90. The van der Waals surface area contributed by atoms with Crippen molar-refractivity contribution in [3.8, 4) is 0 Å². The van der Waals surface area contributed by atoms with Crippen molar-refractivity contribution >= 4 is 5.91 Å². The molecule has 1 amide bonds. The summed E-state index contributed by atoms with van der Waals surface area (Å²) < 4.78 is 30.4. The number of nitrogens with zero attached hydrogens (tertiary/aromatic N) is 2. The highest BCUT2D eigenvalue weighted by molar-refractivity contribution is 5.94. The van der Waals surface area contributed by atoms with Crippen LogP contribution in [0.2, 0.25) is 0 Å². The van der Waals surface area contributed by atoms with Crippen LogP contribution >= 0.6 is 0 Å². The van der Waals surface area contributed by atoms with Gasteiger partial charge in [0.05, 0.1) is 6.54 Å². The third-order valence-electron chi connectivity index (χ3n) is 2.15. The zero-order valence-electron chi connectivity index (χ0n) is 9.41. The molecule has 0 atom stereocenters. The summed E-state index contributed by atoms with van der Waals surface area (Å²) in [5.41, 5.74) is 0.0186. The quantitative estimate of drug-likeness (QED) is 0.901. The monoisotopic (exact) mass is 253 g/mol. The second kappa shape index (κ2) is 4.91. The van der Waals surface area contributed by atoms with Crippen LogP contribution in [-0.2, 0) is 6.54 Å². The van der Waals surface area contributed by atoms with Crippen LogP contribution in [0.1, 0.15) is 22.1 Å². The summed E-state index contributed by atoms with van der Waals surface area (Å²) in [7, 11) is 0. The Morgan fingerprint density at radius 1 is 1.39 bits per heavy atom. The van der Waals surface area contributed by atoms with E-state index in [1.54, 1.807) is 6.92 Å². The van der Waals surface area contributed by atoms with Gasteiger partial charge >= 0.3 is 0 Å². The van der Waals surface area contributed by atoms with E-state index in [4.69, 9.17) is 4.52 Å². The first-order valence-corrected chi connectivity index (χ1v) is 5.08. The van der Waals surface area contributed by atoms with E-state index in [0.29, 0.717) is 5.82 Å². The summed E-state index contributed by atoms with van der Waals surface area (Å²) >= 11 is 0. The van der Waals surface area contributed by atoms with Crippen LogP contribution in [0.3, 0.4) is 0 Å². The second-order valence-electron chi connectivity index (χ2n) is 3.55. The highest BCUT2D eigenvalue weighted by Crippen LogP contribution is 2.08. The highest BCUT2D eigenvalue weighted by atomic mass is 19.2. The maximum Gasteiger partial charge on any atom is 0.251 e. The van der Waals surface area contributed by atoms with Crippen LogP contribution in [0.15, 0.2) is 22.7 Å². The van der Waals surface area contributed by atoms with Gasteiger partial charge in [-0.3, -0.25) is 4.79 Å². The van der Waals surface area contributed by atoms with Gasteiger partial charge in [0.15, 0.2) is 17.5 Å². The van der Waals surface area contributed by atoms with Crippen LogP contribution < -0.4 is 5.32 Å². The molecule has 1 heterocycles. The summed E-state index contributed by atoms with van der Waals surface area (Å²) in [5, 5.41) is 6.00. The number of halogens is 2. The van der Waals surface area contributed by atoms with Gasteiger partial charge in [-0.1, -0.05) is 5.16 Å². The lowest BCUT2D eigenvalue weighted by Gasteiger charge is -2.02. The summed E-state index contributed by atoms with van der Waals surface area (Å²) in [6.07, 6.45) is 0. The van der Waals surface area contributed by atoms with E-state index in [9.17, 15) is 13.6 Å². The van der Waals surface area contributed by atoms with E-state index in [0.717, 1.165) is 12.1 Å². The molecule has 0 saturated heterocycles. The van der Waals surface area contributed by atoms with Gasteiger partial charge in [-0.2, -0.15) is 4.98 Å². The fourth-order valence-corrected chi connectivity index (χ4v) is 1.31. The van der Waals surface area contributed by atoms with Gasteiger partial charge in [-0.05, 0) is 25.1 Å². The molecular formula is C11H9F2N3O2. The fourth-order valence-electron chi connectivity index (χ4n) is 1.31. The van der Waals surface area contributed by atoms with E-state index >= 15 is 0 Å². The predicted octanol–water partition coefficient (Wildman–Crippen LogP) is 1.59. The Morgan fingerprint density at radius 2 is 2.17 bits per heavy atom. The lowest BCUT2D eigenvalue weighted by atomic mass is 10.2. The molecule has 0 radical (unpaired) electrons. The summed E-state index contributed by atoms with van der Waals surface area (Å²) in [5.74, 6) is -1.93. The smallest absolute Gasteiger partial charge is 0.251 e. The Kier molecular flexibility index (Phi) is 3.31. The van der Waals surface area contributed by atoms with Crippen molar-refractivity contribution in [2.75, 3.05) is 0 Å². The van der Waals surface area contributed by atoms with Gasteiger partial charge in [0.2, 0.25) is 5.89 Å². The number of rotatable bonds is 3. The molecule has 0 unspecified atom stereocenters. The van der Waals surface area contributed by atoms with E-state index in [2.05, 4.69) is 15.5 Å². The van der Waals surface area contributed by atoms with Crippen LogP contribution in [-0.4, -0.2) is 16.0 Å². The molecule has 0 aliphatic heterocycles. The van der Waals surface area contributed by atoms with Gasteiger partial charge in [-0.15, -0.1) is 0 Å². The van der Waals surface area contributed by atoms with E-state index in [1.165, 1.54) is 6.07 Å². The Balaban J connectivity index is 2.01. The average Bonchev–Trinajstić information content (AvgIpc) is 2.75. The zero-order valence-corrected chi connectivity index (χ0v) is 9.41. The van der Waals surface area contributed by atoms with Crippen molar-refractivity contribution in [3.63, 3.8) is 0 Å². The first kappa shape index (κ1) is 12.2. The molecule has 0 fully saturated rings. The molecule has 0 aliphatic rings. The minimum atomic E-state index is -1.07. The Hall–Kier alpha value is -2.31. The van der Waals surface area contributed by atoms with Crippen molar-refractivity contribution in [1.29, 1.82) is 0 Å². The molecule has 2 rings (SSSR count). The largest absolute Gasteiger partial charge is 0.343 e. The third kappa shape index (κ3) is 2.68.